The van der Waals surface area contributed by atoms with Crippen molar-refractivity contribution in [3.8, 4) is 5.75 Å². The number of hydrogen-bond donors (Lipinski definition) is 1. The van der Waals surface area contributed by atoms with Crippen LogP contribution in [-0.2, 0) is 6.54 Å². The average molecular weight is 434 g/mol. The topological polar surface area (TPSA) is 54.5 Å². The summed E-state index contributed by atoms with van der Waals surface area (Å²) in [5, 5.41) is 4.15. The van der Waals surface area contributed by atoms with E-state index in [-0.39, 0.29) is 11.9 Å². The van der Waals surface area contributed by atoms with Gasteiger partial charge in [-0.2, -0.15) is 0 Å². The molecule has 1 saturated heterocycles. The summed E-state index contributed by atoms with van der Waals surface area (Å²) < 4.78 is 5.46. The highest BCUT2D eigenvalue weighted by molar-refractivity contribution is 7.99. The number of likely N-dealkylation sites (tertiary alicyclic amines) is 1. The highest BCUT2D eigenvalue weighted by Crippen LogP contribution is 2.26. The Kier molecular flexibility index (Phi) is 7.22. The van der Waals surface area contributed by atoms with E-state index in [1.165, 1.54) is 5.56 Å². The SMILES string of the molecule is COc1ccccc1CN1CCC(NC(=O)c2ccc(Sc3ccccn3)cc2)CC1. The van der Waals surface area contributed by atoms with Crippen LogP contribution in [0.15, 0.2) is 82.8 Å². The van der Waals surface area contributed by atoms with Crippen molar-refractivity contribution in [3.05, 3.63) is 84.1 Å². The number of hydrogen-bond acceptors (Lipinski definition) is 5. The van der Waals surface area contributed by atoms with Gasteiger partial charge in [0.25, 0.3) is 5.91 Å². The van der Waals surface area contributed by atoms with Crippen LogP contribution < -0.4 is 10.1 Å². The van der Waals surface area contributed by atoms with Crippen molar-refractivity contribution in [1.29, 1.82) is 0 Å². The number of carbonyl (C=O) groups is 1. The van der Waals surface area contributed by atoms with Crippen molar-refractivity contribution in [1.82, 2.24) is 15.2 Å². The van der Waals surface area contributed by atoms with E-state index < -0.39 is 0 Å². The maximum absolute atomic E-state index is 12.7. The van der Waals surface area contributed by atoms with Gasteiger partial charge in [-0.05, 0) is 55.3 Å². The number of methoxy groups -OCH3 is 1. The molecule has 160 valence electrons. The number of pyridine rings is 1. The molecule has 2 aromatic carbocycles. The minimum Gasteiger partial charge on any atom is -0.496 e. The van der Waals surface area contributed by atoms with Crippen LogP contribution >= 0.6 is 11.8 Å². The van der Waals surface area contributed by atoms with E-state index in [1.807, 2.05) is 60.7 Å². The first-order valence-electron chi connectivity index (χ1n) is 10.6. The molecule has 1 N–H and O–H groups in total. The Bertz CT molecular complexity index is 987. The molecule has 31 heavy (non-hydrogen) atoms. The van der Waals surface area contributed by atoms with E-state index in [4.69, 9.17) is 4.74 Å². The fraction of sp³-hybridized carbons (Fsp3) is 0.280. The van der Waals surface area contributed by atoms with Gasteiger partial charge in [0.05, 0.1) is 7.11 Å². The molecular weight excluding hydrogens is 406 g/mol. The first-order valence-corrected chi connectivity index (χ1v) is 11.4. The minimum absolute atomic E-state index is 0.00225. The predicted molar refractivity (Wildman–Crippen MR) is 124 cm³/mol. The molecule has 3 aromatic rings. The van der Waals surface area contributed by atoms with Crippen molar-refractivity contribution >= 4 is 17.7 Å². The summed E-state index contributed by atoms with van der Waals surface area (Å²) in [5.74, 6) is 0.931. The first kappa shape index (κ1) is 21.4. The molecule has 1 aliphatic rings. The zero-order valence-corrected chi connectivity index (χ0v) is 18.5. The molecule has 2 heterocycles. The average Bonchev–Trinajstić information content (AvgIpc) is 2.82. The van der Waals surface area contributed by atoms with Crippen LogP contribution in [0.2, 0.25) is 0 Å². The van der Waals surface area contributed by atoms with Crippen molar-refractivity contribution in [3.63, 3.8) is 0 Å². The van der Waals surface area contributed by atoms with Gasteiger partial charge in [0.1, 0.15) is 10.8 Å². The van der Waals surface area contributed by atoms with Crippen molar-refractivity contribution < 1.29 is 9.53 Å². The van der Waals surface area contributed by atoms with Crippen LogP contribution in [0.4, 0.5) is 0 Å². The lowest BCUT2D eigenvalue weighted by molar-refractivity contribution is 0.0908. The monoisotopic (exact) mass is 433 g/mol. The first-order chi connectivity index (χ1) is 15.2. The summed E-state index contributed by atoms with van der Waals surface area (Å²) in [6.45, 7) is 2.80. The molecule has 1 aliphatic heterocycles. The third kappa shape index (κ3) is 5.87. The molecule has 0 radical (unpaired) electrons. The van der Waals surface area contributed by atoms with Crippen LogP contribution in [0.25, 0.3) is 0 Å². The van der Waals surface area contributed by atoms with Crippen molar-refractivity contribution in [2.45, 2.75) is 35.3 Å². The van der Waals surface area contributed by atoms with Gasteiger partial charge < -0.3 is 10.1 Å². The lowest BCUT2D eigenvalue weighted by Gasteiger charge is -2.32. The fourth-order valence-corrected chi connectivity index (χ4v) is 4.56. The van der Waals surface area contributed by atoms with Gasteiger partial charge in [-0.3, -0.25) is 9.69 Å². The molecule has 0 saturated carbocycles. The largest absolute Gasteiger partial charge is 0.496 e. The number of nitrogens with zero attached hydrogens (tertiary/aromatic N) is 2. The van der Waals surface area contributed by atoms with Gasteiger partial charge in [0.15, 0.2) is 0 Å². The van der Waals surface area contributed by atoms with Gasteiger partial charge in [-0.1, -0.05) is 36.0 Å². The van der Waals surface area contributed by atoms with Crippen LogP contribution in [-0.4, -0.2) is 42.0 Å². The van der Waals surface area contributed by atoms with E-state index in [1.54, 1.807) is 25.1 Å². The Morgan fingerprint density at radius 2 is 1.81 bits per heavy atom. The molecule has 0 aliphatic carbocycles. The number of amides is 1. The number of rotatable bonds is 7. The normalized spacial score (nSPS) is 14.9. The number of para-hydroxylation sites is 1. The molecule has 0 atom stereocenters. The van der Waals surface area contributed by atoms with Gasteiger partial charge in [-0.15, -0.1) is 0 Å². The minimum atomic E-state index is -0.00225. The molecule has 1 amide bonds. The summed E-state index contributed by atoms with van der Waals surface area (Å²) in [7, 11) is 1.71. The molecule has 1 aromatic heterocycles. The standard InChI is InChI=1S/C25H27N3O2S/c1-30-23-7-3-2-6-20(23)18-28-16-13-21(14-17-28)27-25(29)19-9-11-22(12-10-19)31-24-8-4-5-15-26-24/h2-12,15,21H,13-14,16-18H2,1H3,(H,27,29). The summed E-state index contributed by atoms with van der Waals surface area (Å²) in [4.78, 5) is 20.5. The highest BCUT2D eigenvalue weighted by Gasteiger charge is 2.22. The predicted octanol–water partition coefficient (Wildman–Crippen LogP) is 4.64. The lowest BCUT2D eigenvalue weighted by Crippen LogP contribution is -2.44. The second-order valence-electron chi connectivity index (χ2n) is 7.63. The number of benzene rings is 2. The molecule has 4 rings (SSSR count). The van der Waals surface area contributed by atoms with Gasteiger partial charge in [0.2, 0.25) is 0 Å². The molecule has 0 spiro atoms. The maximum Gasteiger partial charge on any atom is 0.251 e. The summed E-state index contributed by atoms with van der Waals surface area (Å²) >= 11 is 1.59. The highest BCUT2D eigenvalue weighted by atomic mass is 32.2. The van der Waals surface area contributed by atoms with Crippen LogP contribution in [0.1, 0.15) is 28.8 Å². The van der Waals surface area contributed by atoms with Crippen LogP contribution in [0.3, 0.4) is 0 Å². The number of piperidine rings is 1. The maximum atomic E-state index is 12.7. The Morgan fingerprint density at radius 3 is 2.52 bits per heavy atom. The van der Waals surface area contributed by atoms with E-state index >= 15 is 0 Å². The Morgan fingerprint density at radius 1 is 1.06 bits per heavy atom. The number of ether oxygens (including phenoxy) is 1. The third-order valence-corrected chi connectivity index (χ3v) is 6.44. The second-order valence-corrected chi connectivity index (χ2v) is 8.72. The van der Waals surface area contributed by atoms with Crippen LogP contribution in [0.5, 0.6) is 5.75 Å². The van der Waals surface area contributed by atoms with Gasteiger partial charge >= 0.3 is 0 Å². The van der Waals surface area contributed by atoms with Gasteiger partial charge in [-0.25, -0.2) is 4.98 Å². The van der Waals surface area contributed by atoms with Crippen molar-refractivity contribution in [2.75, 3.05) is 20.2 Å². The summed E-state index contributed by atoms with van der Waals surface area (Å²) in [6, 6.07) is 21.9. The summed E-state index contributed by atoms with van der Waals surface area (Å²) in [5.41, 5.74) is 1.90. The van der Waals surface area contributed by atoms with Gasteiger partial charge in [0, 0.05) is 47.9 Å². The van der Waals surface area contributed by atoms with E-state index in [0.717, 1.165) is 48.1 Å². The Hall–Kier alpha value is -2.83. The molecule has 0 bridgehead atoms. The molecular formula is C25H27N3O2S. The molecule has 5 nitrogen and oxygen atoms in total. The molecule has 1 fully saturated rings. The number of aromatic nitrogens is 1. The molecule has 0 unspecified atom stereocenters. The second kappa shape index (κ2) is 10.5. The third-order valence-electron chi connectivity index (χ3n) is 5.49. The smallest absolute Gasteiger partial charge is 0.251 e. The summed E-state index contributed by atoms with van der Waals surface area (Å²) in [6.07, 6.45) is 3.69. The van der Waals surface area contributed by atoms with E-state index in [9.17, 15) is 4.79 Å². The molecule has 6 heteroatoms. The fourth-order valence-electron chi connectivity index (χ4n) is 3.78. The zero-order valence-electron chi connectivity index (χ0n) is 17.7. The Labute approximate surface area is 187 Å². The number of nitrogens with one attached hydrogen (secondary N) is 1. The lowest BCUT2D eigenvalue weighted by atomic mass is 10.0. The van der Waals surface area contributed by atoms with Crippen molar-refractivity contribution in [2.24, 2.45) is 0 Å². The number of carbonyl (C=O) groups excluding carboxylic acids is 1. The Balaban J connectivity index is 1.26. The van der Waals surface area contributed by atoms with E-state index in [0.29, 0.717) is 5.56 Å². The van der Waals surface area contributed by atoms with E-state index in [2.05, 4.69) is 21.3 Å². The quantitative estimate of drug-likeness (QED) is 0.588. The van der Waals surface area contributed by atoms with Crippen LogP contribution in [0, 0.1) is 0 Å². The zero-order chi connectivity index (χ0) is 21.5.